The van der Waals surface area contributed by atoms with Crippen LogP contribution < -0.4 is 0 Å². The van der Waals surface area contributed by atoms with Gasteiger partial charge in [-0.05, 0) is 6.92 Å². The van der Waals surface area contributed by atoms with E-state index in [2.05, 4.69) is 0 Å². The van der Waals surface area contributed by atoms with Crippen molar-refractivity contribution in [1.29, 1.82) is 0 Å². The molecule has 0 aliphatic rings. The van der Waals surface area contributed by atoms with Gasteiger partial charge in [0, 0.05) is 18.0 Å². The minimum absolute atomic E-state index is 0.260. The third kappa shape index (κ3) is 2.73. The SMILES string of the molecule is CC(CCl)S(=O)(=O)c1cc(F)c(Cl)cc1[N+](=O)[O-]. The van der Waals surface area contributed by atoms with E-state index in [-0.39, 0.29) is 5.88 Å². The Morgan fingerprint density at radius 1 is 1.50 bits per heavy atom. The van der Waals surface area contributed by atoms with Gasteiger partial charge in [-0.2, -0.15) is 0 Å². The molecule has 0 saturated heterocycles. The second-order valence-corrected chi connectivity index (χ2v) is 6.55. The summed E-state index contributed by atoms with van der Waals surface area (Å²) < 4.78 is 37.2. The summed E-state index contributed by atoms with van der Waals surface area (Å²) in [6.07, 6.45) is 0. The van der Waals surface area contributed by atoms with Gasteiger partial charge in [0.2, 0.25) is 0 Å². The molecule has 0 radical (unpaired) electrons. The summed E-state index contributed by atoms with van der Waals surface area (Å²) in [5.74, 6) is -1.30. The minimum atomic E-state index is -4.08. The summed E-state index contributed by atoms with van der Waals surface area (Å²) in [5.41, 5.74) is -0.765. The van der Waals surface area contributed by atoms with Crippen LogP contribution in [0.3, 0.4) is 0 Å². The summed E-state index contributed by atoms with van der Waals surface area (Å²) in [4.78, 5) is 9.12. The standard InChI is InChI=1S/C9H8Cl2FNO4S/c1-5(4-10)18(16,17)9-3-7(12)6(11)2-8(9)13(14)15/h2-3,5H,4H2,1H3. The molecule has 5 nitrogen and oxygen atoms in total. The molecule has 0 spiro atoms. The van der Waals surface area contributed by atoms with Crippen LogP contribution in [-0.2, 0) is 9.84 Å². The molecule has 1 aromatic carbocycles. The molecule has 0 fully saturated rings. The highest BCUT2D eigenvalue weighted by molar-refractivity contribution is 7.92. The molecule has 1 aromatic rings. The molecule has 18 heavy (non-hydrogen) atoms. The summed E-state index contributed by atoms with van der Waals surface area (Å²) in [7, 11) is -4.08. The van der Waals surface area contributed by atoms with Crippen molar-refractivity contribution in [3.8, 4) is 0 Å². The van der Waals surface area contributed by atoms with Crippen LogP contribution in [-0.4, -0.2) is 24.5 Å². The van der Waals surface area contributed by atoms with Gasteiger partial charge < -0.3 is 0 Å². The Hall–Kier alpha value is -0.920. The van der Waals surface area contributed by atoms with Crippen molar-refractivity contribution in [3.63, 3.8) is 0 Å². The minimum Gasteiger partial charge on any atom is -0.258 e. The zero-order valence-corrected chi connectivity index (χ0v) is 11.4. The molecule has 0 N–H and O–H groups in total. The molecule has 1 unspecified atom stereocenters. The molecule has 0 aromatic heterocycles. The summed E-state index contributed by atoms with van der Waals surface area (Å²) >= 11 is 10.8. The zero-order valence-electron chi connectivity index (χ0n) is 9.06. The lowest BCUT2D eigenvalue weighted by Crippen LogP contribution is -2.20. The molecule has 0 amide bonds. The topological polar surface area (TPSA) is 77.3 Å². The molecule has 0 aliphatic carbocycles. The number of benzene rings is 1. The highest BCUT2D eigenvalue weighted by atomic mass is 35.5. The molecule has 0 saturated carbocycles. The van der Waals surface area contributed by atoms with E-state index < -0.39 is 41.4 Å². The Labute approximate surface area is 113 Å². The van der Waals surface area contributed by atoms with Gasteiger partial charge in [-0.1, -0.05) is 11.6 Å². The quantitative estimate of drug-likeness (QED) is 0.486. The van der Waals surface area contributed by atoms with E-state index in [4.69, 9.17) is 23.2 Å². The molecule has 1 rings (SSSR count). The Kier molecular flexibility index (Phi) is 4.52. The molecule has 0 bridgehead atoms. The predicted octanol–water partition coefficient (Wildman–Crippen LogP) is 2.79. The Morgan fingerprint density at radius 2 is 2.06 bits per heavy atom. The highest BCUT2D eigenvalue weighted by Crippen LogP contribution is 2.32. The first-order valence-corrected chi connectivity index (χ1v) is 7.11. The van der Waals surface area contributed by atoms with Crippen molar-refractivity contribution in [2.45, 2.75) is 17.1 Å². The smallest absolute Gasteiger partial charge is 0.258 e. The van der Waals surface area contributed by atoms with Crippen molar-refractivity contribution >= 4 is 38.7 Å². The Balaban J connectivity index is 3.59. The molecule has 1 atom stereocenters. The zero-order chi connectivity index (χ0) is 14.1. The Bertz CT molecular complexity index is 590. The lowest BCUT2D eigenvalue weighted by molar-refractivity contribution is -0.387. The number of nitrogens with zero attached hydrogens (tertiary/aromatic N) is 1. The second-order valence-electron chi connectivity index (χ2n) is 3.50. The molecule has 9 heteroatoms. The number of sulfone groups is 1. The monoisotopic (exact) mass is 315 g/mol. The van der Waals surface area contributed by atoms with Gasteiger partial charge in [0.25, 0.3) is 5.69 Å². The third-order valence-corrected chi connectivity index (χ3v) is 5.35. The highest BCUT2D eigenvalue weighted by Gasteiger charge is 2.32. The van der Waals surface area contributed by atoms with Crippen molar-refractivity contribution < 1.29 is 17.7 Å². The van der Waals surface area contributed by atoms with E-state index in [1.807, 2.05) is 0 Å². The van der Waals surface area contributed by atoms with Crippen LogP contribution in [0.4, 0.5) is 10.1 Å². The van der Waals surface area contributed by atoms with E-state index in [9.17, 15) is 22.9 Å². The van der Waals surface area contributed by atoms with Crippen LogP contribution in [0.2, 0.25) is 5.02 Å². The predicted molar refractivity (Wildman–Crippen MR) is 65.4 cm³/mol. The first-order valence-electron chi connectivity index (χ1n) is 4.65. The average molecular weight is 316 g/mol. The summed E-state index contributed by atoms with van der Waals surface area (Å²) in [5, 5.41) is 9.18. The number of hydrogen-bond acceptors (Lipinski definition) is 4. The van der Waals surface area contributed by atoms with E-state index in [0.717, 1.165) is 0 Å². The molecule has 0 heterocycles. The number of rotatable bonds is 4. The molecule has 0 aliphatic heterocycles. The van der Waals surface area contributed by atoms with E-state index in [1.54, 1.807) is 0 Å². The van der Waals surface area contributed by atoms with Crippen LogP contribution in [0.5, 0.6) is 0 Å². The fourth-order valence-corrected chi connectivity index (χ4v) is 3.14. The van der Waals surface area contributed by atoms with Gasteiger partial charge in [0.15, 0.2) is 9.84 Å². The maximum atomic E-state index is 13.3. The van der Waals surface area contributed by atoms with Crippen LogP contribution in [0.1, 0.15) is 6.92 Å². The van der Waals surface area contributed by atoms with Crippen LogP contribution >= 0.6 is 23.2 Å². The molecular formula is C9H8Cl2FNO4S. The largest absolute Gasteiger partial charge is 0.289 e. The van der Waals surface area contributed by atoms with Crippen LogP contribution in [0, 0.1) is 15.9 Å². The maximum absolute atomic E-state index is 13.3. The summed E-state index contributed by atoms with van der Waals surface area (Å²) in [6, 6.07) is 1.21. The van der Waals surface area contributed by atoms with E-state index in [0.29, 0.717) is 12.1 Å². The molecular weight excluding hydrogens is 308 g/mol. The normalized spacial score (nSPS) is 13.3. The van der Waals surface area contributed by atoms with E-state index >= 15 is 0 Å². The maximum Gasteiger partial charge on any atom is 0.289 e. The Morgan fingerprint density at radius 3 is 2.50 bits per heavy atom. The van der Waals surface area contributed by atoms with Gasteiger partial charge in [0.05, 0.1) is 15.2 Å². The summed E-state index contributed by atoms with van der Waals surface area (Å²) in [6.45, 7) is 1.28. The fourth-order valence-electron chi connectivity index (χ4n) is 1.19. The first-order chi connectivity index (χ1) is 8.21. The van der Waals surface area contributed by atoms with Gasteiger partial charge >= 0.3 is 0 Å². The lowest BCUT2D eigenvalue weighted by atomic mass is 10.3. The van der Waals surface area contributed by atoms with Gasteiger partial charge in [-0.25, -0.2) is 12.8 Å². The first kappa shape index (κ1) is 15.1. The number of nitro benzene ring substituents is 1. The van der Waals surface area contributed by atoms with Crippen LogP contribution in [0.15, 0.2) is 17.0 Å². The van der Waals surface area contributed by atoms with Gasteiger partial charge in [0.1, 0.15) is 10.7 Å². The lowest BCUT2D eigenvalue weighted by Gasteiger charge is -2.10. The van der Waals surface area contributed by atoms with Crippen molar-refractivity contribution in [2.75, 3.05) is 5.88 Å². The number of hydrogen-bond donors (Lipinski definition) is 0. The second kappa shape index (κ2) is 5.38. The number of halogens is 3. The van der Waals surface area contributed by atoms with Crippen molar-refractivity contribution in [2.24, 2.45) is 0 Å². The van der Waals surface area contributed by atoms with E-state index in [1.165, 1.54) is 6.92 Å². The van der Waals surface area contributed by atoms with Crippen molar-refractivity contribution in [3.05, 3.63) is 33.1 Å². The number of nitro groups is 1. The van der Waals surface area contributed by atoms with Gasteiger partial charge in [-0.15, -0.1) is 11.6 Å². The third-order valence-electron chi connectivity index (χ3n) is 2.25. The average Bonchev–Trinajstić information content (AvgIpc) is 2.30. The van der Waals surface area contributed by atoms with Crippen LogP contribution in [0.25, 0.3) is 0 Å². The number of alkyl halides is 1. The fraction of sp³-hybridized carbons (Fsp3) is 0.333. The molecule has 100 valence electrons. The van der Waals surface area contributed by atoms with Crippen molar-refractivity contribution in [1.82, 2.24) is 0 Å². The van der Waals surface area contributed by atoms with Gasteiger partial charge in [-0.3, -0.25) is 10.1 Å².